The van der Waals surface area contributed by atoms with Crippen LogP contribution < -0.4 is 5.32 Å². The molecule has 2 rings (SSSR count). The summed E-state index contributed by atoms with van der Waals surface area (Å²) < 4.78 is 5.33. The molecule has 0 aromatic heterocycles. The van der Waals surface area contributed by atoms with E-state index in [1.807, 2.05) is 6.92 Å². The van der Waals surface area contributed by atoms with Gasteiger partial charge in [-0.2, -0.15) is 0 Å². The number of hydrogen-bond donors (Lipinski definition) is 2. The maximum Gasteiger partial charge on any atom is 0.0771 e. The lowest BCUT2D eigenvalue weighted by molar-refractivity contribution is -0.00527. The second-order valence-electron chi connectivity index (χ2n) is 5.61. The largest absolute Gasteiger partial charge is 0.389 e. The molecule has 1 aliphatic heterocycles. The van der Waals surface area contributed by atoms with Crippen molar-refractivity contribution < 1.29 is 9.84 Å². The Labute approximate surface area is 98.6 Å². The Kier molecular flexibility index (Phi) is 4.22. The van der Waals surface area contributed by atoms with Crippen molar-refractivity contribution in [2.24, 2.45) is 5.92 Å². The average molecular weight is 227 g/mol. The van der Waals surface area contributed by atoms with Crippen LogP contribution in [0.4, 0.5) is 0 Å². The van der Waals surface area contributed by atoms with Gasteiger partial charge in [0.05, 0.1) is 5.60 Å². The van der Waals surface area contributed by atoms with Gasteiger partial charge in [0.25, 0.3) is 0 Å². The average Bonchev–Trinajstić information content (AvgIpc) is 2.82. The molecule has 1 atom stereocenters. The van der Waals surface area contributed by atoms with Gasteiger partial charge in [-0.25, -0.2) is 0 Å². The van der Waals surface area contributed by atoms with Gasteiger partial charge in [0.1, 0.15) is 0 Å². The molecule has 0 aromatic carbocycles. The zero-order valence-corrected chi connectivity index (χ0v) is 10.4. The van der Waals surface area contributed by atoms with Crippen LogP contribution in [0, 0.1) is 5.92 Å². The Morgan fingerprint density at radius 1 is 1.19 bits per heavy atom. The maximum absolute atomic E-state index is 10.5. The van der Waals surface area contributed by atoms with Gasteiger partial charge in [0.2, 0.25) is 0 Å². The molecular formula is C13H25NO2. The smallest absolute Gasteiger partial charge is 0.0771 e. The van der Waals surface area contributed by atoms with Crippen LogP contribution in [0.1, 0.15) is 45.4 Å². The molecule has 1 heterocycles. The molecule has 0 aromatic rings. The molecule has 2 fully saturated rings. The summed E-state index contributed by atoms with van der Waals surface area (Å²) >= 11 is 0. The Hall–Kier alpha value is -0.120. The number of hydrogen-bond acceptors (Lipinski definition) is 3. The lowest BCUT2D eigenvalue weighted by Gasteiger charge is -2.33. The van der Waals surface area contributed by atoms with Crippen molar-refractivity contribution in [1.29, 1.82) is 0 Å². The topological polar surface area (TPSA) is 41.5 Å². The van der Waals surface area contributed by atoms with E-state index in [4.69, 9.17) is 4.74 Å². The molecule has 0 radical (unpaired) electrons. The van der Waals surface area contributed by atoms with Gasteiger partial charge in [-0.3, -0.25) is 0 Å². The minimum Gasteiger partial charge on any atom is -0.389 e. The highest BCUT2D eigenvalue weighted by Gasteiger charge is 2.34. The third kappa shape index (κ3) is 3.19. The molecule has 16 heavy (non-hydrogen) atoms. The number of ether oxygens (including phenoxy) is 1. The van der Waals surface area contributed by atoms with Gasteiger partial charge in [0.15, 0.2) is 0 Å². The van der Waals surface area contributed by atoms with Crippen LogP contribution in [0.25, 0.3) is 0 Å². The Bertz CT molecular complexity index is 206. The summed E-state index contributed by atoms with van der Waals surface area (Å²) in [4.78, 5) is 0. The molecule has 0 spiro atoms. The monoisotopic (exact) mass is 227 g/mol. The quantitative estimate of drug-likeness (QED) is 0.768. The molecule has 1 saturated carbocycles. The summed E-state index contributed by atoms with van der Waals surface area (Å²) in [5.74, 6) is 0.500. The van der Waals surface area contributed by atoms with Crippen molar-refractivity contribution in [3.63, 3.8) is 0 Å². The first-order valence-electron chi connectivity index (χ1n) is 6.72. The standard InChI is InChI=1S/C13H25NO2/c1-13(15,11-4-2-3-5-11)10-14-12-6-8-16-9-7-12/h11-12,14-15H,2-10H2,1H3. The van der Waals surface area contributed by atoms with Gasteiger partial charge in [-0.1, -0.05) is 12.8 Å². The summed E-state index contributed by atoms with van der Waals surface area (Å²) in [6.07, 6.45) is 7.14. The number of rotatable bonds is 4. The van der Waals surface area contributed by atoms with E-state index < -0.39 is 5.60 Å². The minimum atomic E-state index is -0.519. The predicted octanol–water partition coefficient (Wildman–Crippen LogP) is 1.70. The summed E-state index contributed by atoms with van der Waals surface area (Å²) in [6, 6.07) is 0.543. The van der Waals surface area contributed by atoms with Crippen molar-refractivity contribution >= 4 is 0 Å². The molecule has 2 aliphatic rings. The van der Waals surface area contributed by atoms with E-state index in [2.05, 4.69) is 5.32 Å². The Balaban J connectivity index is 1.74. The zero-order chi connectivity index (χ0) is 11.4. The van der Waals surface area contributed by atoms with E-state index in [0.717, 1.165) is 32.6 Å². The zero-order valence-electron chi connectivity index (χ0n) is 10.4. The highest BCUT2D eigenvalue weighted by molar-refractivity contribution is 4.88. The fourth-order valence-electron chi connectivity index (χ4n) is 2.94. The van der Waals surface area contributed by atoms with Crippen LogP contribution in [0.2, 0.25) is 0 Å². The van der Waals surface area contributed by atoms with E-state index in [-0.39, 0.29) is 0 Å². The molecule has 3 nitrogen and oxygen atoms in total. The van der Waals surface area contributed by atoms with Crippen molar-refractivity contribution in [2.75, 3.05) is 19.8 Å². The van der Waals surface area contributed by atoms with Gasteiger partial charge in [-0.05, 0) is 38.5 Å². The molecule has 1 saturated heterocycles. The van der Waals surface area contributed by atoms with Gasteiger partial charge >= 0.3 is 0 Å². The van der Waals surface area contributed by atoms with E-state index in [1.165, 1.54) is 25.7 Å². The summed E-state index contributed by atoms with van der Waals surface area (Å²) in [7, 11) is 0. The lowest BCUT2D eigenvalue weighted by atomic mass is 9.87. The van der Waals surface area contributed by atoms with Gasteiger partial charge in [0, 0.05) is 25.8 Å². The highest BCUT2D eigenvalue weighted by atomic mass is 16.5. The second kappa shape index (κ2) is 5.48. The lowest BCUT2D eigenvalue weighted by Crippen LogP contribution is -2.47. The summed E-state index contributed by atoms with van der Waals surface area (Å²) in [5, 5.41) is 14.0. The van der Waals surface area contributed by atoms with E-state index in [9.17, 15) is 5.11 Å². The highest BCUT2D eigenvalue weighted by Crippen LogP contribution is 2.33. The van der Waals surface area contributed by atoms with Crippen molar-refractivity contribution in [3.05, 3.63) is 0 Å². The molecule has 1 aliphatic carbocycles. The molecule has 2 N–H and O–H groups in total. The predicted molar refractivity (Wildman–Crippen MR) is 64.4 cm³/mol. The minimum absolute atomic E-state index is 0.500. The van der Waals surface area contributed by atoms with E-state index in [0.29, 0.717) is 12.0 Å². The van der Waals surface area contributed by atoms with E-state index >= 15 is 0 Å². The normalized spacial score (nSPS) is 28.1. The van der Waals surface area contributed by atoms with Gasteiger partial charge < -0.3 is 15.2 Å². The van der Waals surface area contributed by atoms with Crippen molar-refractivity contribution in [1.82, 2.24) is 5.32 Å². The first kappa shape index (κ1) is 12.3. The van der Waals surface area contributed by atoms with E-state index in [1.54, 1.807) is 0 Å². The first-order chi connectivity index (χ1) is 7.68. The Morgan fingerprint density at radius 3 is 2.44 bits per heavy atom. The fourth-order valence-corrected chi connectivity index (χ4v) is 2.94. The molecule has 1 unspecified atom stereocenters. The van der Waals surface area contributed by atoms with Crippen LogP contribution in [0.3, 0.4) is 0 Å². The molecule has 94 valence electrons. The molecule has 3 heteroatoms. The third-order valence-corrected chi connectivity index (χ3v) is 4.20. The fraction of sp³-hybridized carbons (Fsp3) is 1.00. The third-order valence-electron chi connectivity index (χ3n) is 4.20. The van der Waals surface area contributed by atoms with Gasteiger partial charge in [-0.15, -0.1) is 0 Å². The molecule has 0 bridgehead atoms. The van der Waals surface area contributed by atoms with Crippen LogP contribution in [-0.4, -0.2) is 36.5 Å². The Morgan fingerprint density at radius 2 is 1.81 bits per heavy atom. The number of aliphatic hydroxyl groups is 1. The van der Waals surface area contributed by atoms with Crippen LogP contribution in [-0.2, 0) is 4.74 Å². The summed E-state index contributed by atoms with van der Waals surface area (Å²) in [6.45, 7) is 4.46. The SMILES string of the molecule is CC(O)(CNC1CCOCC1)C1CCCC1. The number of nitrogens with one attached hydrogen (secondary N) is 1. The van der Waals surface area contributed by atoms with Crippen molar-refractivity contribution in [2.45, 2.75) is 57.1 Å². The van der Waals surface area contributed by atoms with Crippen LogP contribution >= 0.6 is 0 Å². The molecule has 0 amide bonds. The second-order valence-corrected chi connectivity index (χ2v) is 5.61. The summed E-state index contributed by atoms with van der Waals surface area (Å²) in [5.41, 5.74) is -0.519. The van der Waals surface area contributed by atoms with Crippen LogP contribution in [0.5, 0.6) is 0 Å². The first-order valence-corrected chi connectivity index (χ1v) is 6.72. The van der Waals surface area contributed by atoms with Crippen LogP contribution in [0.15, 0.2) is 0 Å². The molecular weight excluding hydrogens is 202 g/mol. The maximum atomic E-state index is 10.5. The van der Waals surface area contributed by atoms with Crippen molar-refractivity contribution in [3.8, 4) is 0 Å².